The van der Waals surface area contributed by atoms with E-state index in [-0.39, 0.29) is 18.6 Å². The predicted octanol–water partition coefficient (Wildman–Crippen LogP) is 1.28. The van der Waals surface area contributed by atoms with E-state index in [1.165, 1.54) is 0 Å². The lowest BCUT2D eigenvalue weighted by Crippen LogP contribution is -2.53. The minimum atomic E-state index is -0.197. The lowest BCUT2D eigenvalue weighted by atomic mass is 10.2. The monoisotopic (exact) mass is 311 g/mol. The Labute approximate surface area is 130 Å². The Balaban J connectivity index is 1.87. The number of benzene rings is 1. The molecule has 1 aliphatic rings. The van der Waals surface area contributed by atoms with E-state index in [4.69, 9.17) is 16.7 Å². The molecule has 1 saturated heterocycles. The van der Waals surface area contributed by atoms with Gasteiger partial charge in [-0.25, -0.2) is 0 Å². The molecule has 116 valence electrons. The molecule has 1 aliphatic heterocycles. The van der Waals surface area contributed by atoms with E-state index in [2.05, 4.69) is 15.1 Å². The highest BCUT2D eigenvalue weighted by Gasteiger charge is 2.25. The van der Waals surface area contributed by atoms with E-state index < -0.39 is 0 Å². The van der Waals surface area contributed by atoms with E-state index in [0.717, 1.165) is 26.2 Å². The molecule has 1 aromatic carbocycles. The Morgan fingerprint density at radius 1 is 1.33 bits per heavy atom. The van der Waals surface area contributed by atoms with Crippen molar-refractivity contribution in [2.75, 3.05) is 44.6 Å². The molecule has 0 radical (unpaired) electrons. The molecule has 1 fully saturated rings. The van der Waals surface area contributed by atoms with Crippen LogP contribution in [0.3, 0.4) is 0 Å². The molecule has 21 heavy (non-hydrogen) atoms. The summed E-state index contributed by atoms with van der Waals surface area (Å²) in [6.07, 6.45) is 0. The number of carbonyl (C=O) groups is 1. The van der Waals surface area contributed by atoms with Crippen molar-refractivity contribution in [2.45, 2.75) is 13.0 Å². The fraction of sp³-hybridized carbons (Fsp3) is 0.533. The van der Waals surface area contributed by atoms with Crippen LogP contribution in [0.2, 0.25) is 5.02 Å². The first-order valence-electron chi connectivity index (χ1n) is 7.24. The second-order valence-corrected chi connectivity index (χ2v) is 5.65. The van der Waals surface area contributed by atoms with Crippen LogP contribution in [0.15, 0.2) is 24.3 Å². The summed E-state index contributed by atoms with van der Waals surface area (Å²) in [5, 5.41) is 12.4. The third kappa shape index (κ3) is 4.41. The maximum atomic E-state index is 12.3. The molecule has 2 rings (SSSR count). The molecule has 0 bridgehead atoms. The third-order valence-electron chi connectivity index (χ3n) is 3.88. The van der Waals surface area contributed by atoms with Crippen LogP contribution in [0.5, 0.6) is 0 Å². The average Bonchev–Trinajstić information content (AvgIpc) is 2.50. The second kappa shape index (κ2) is 7.75. The number of aliphatic hydroxyl groups is 1. The smallest absolute Gasteiger partial charge is 0.241 e. The summed E-state index contributed by atoms with van der Waals surface area (Å²) < 4.78 is 0. The van der Waals surface area contributed by atoms with Gasteiger partial charge in [0.15, 0.2) is 0 Å². The first-order chi connectivity index (χ1) is 10.1. The first kappa shape index (κ1) is 16.2. The van der Waals surface area contributed by atoms with Crippen molar-refractivity contribution in [3.63, 3.8) is 0 Å². The van der Waals surface area contributed by atoms with Gasteiger partial charge in [0.1, 0.15) is 0 Å². The molecule has 1 heterocycles. The normalized spacial score (nSPS) is 18.4. The zero-order valence-electron chi connectivity index (χ0n) is 12.3. The number of anilines is 1. The van der Waals surface area contributed by atoms with E-state index in [1.54, 1.807) is 12.1 Å². The summed E-state index contributed by atoms with van der Waals surface area (Å²) in [5.41, 5.74) is 0.648. The number of β-amino-alcohol motifs (C(OH)–C–C–N with tert-alkyl or cyclic N) is 1. The highest BCUT2D eigenvalue weighted by Crippen LogP contribution is 2.21. The molecule has 1 atom stereocenters. The number of aliphatic hydroxyl groups excluding tert-OH is 1. The van der Waals surface area contributed by atoms with Gasteiger partial charge in [-0.15, -0.1) is 0 Å². The SMILES string of the molecule is CC(C(=O)Nc1ccccc1Cl)N1CCN(CCO)CC1. The van der Waals surface area contributed by atoms with Gasteiger partial charge in [-0.2, -0.15) is 0 Å². The van der Waals surface area contributed by atoms with Crippen LogP contribution in [-0.4, -0.2) is 66.2 Å². The number of hydrogen-bond acceptors (Lipinski definition) is 4. The average molecular weight is 312 g/mol. The second-order valence-electron chi connectivity index (χ2n) is 5.25. The number of hydrogen-bond donors (Lipinski definition) is 2. The number of carbonyl (C=O) groups excluding carboxylic acids is 1. The number of amides is 1. The largest absolute Gasteiger partial charge is 0.395 e. The van der Waals surface area contributed by atoms with Crippen molar-refractivity contribution in [3.05, 3.63) is 29.3 Å². The van der Waals surface area contributed by atoms with E-state index >= 15 is 0 Å². The van der Waals surface area contributed by atoms with E-state index in [0.29, 0.717) is 17.3 Å². The molecule has 5 nitrogen and oxygen atoms in total. The van der Waals surface area contributed by atoms with Crippen molar-refractivity contribution in [2.24, 2.45) is 0 Å². The maximum Gasteiger partial charge on any atom is 0.241 e. The van der Waals surface area contributed by atoms with Crippen LogP contribution < -0.4 is 5.32 Å². The Morgan fingerprint density at radius 2 is 2.00 bits per heavy atom. The molecule has 1 aromatic rings. The summed E-state index contributed by atoms with van der Waals surface area (Å²) in [6.45, 7) is 6.22. The van der Waals surface area contributed by atoms with Gasteiger partial charge in [-0.3, -0.25) is 14.6 Å². The van der Waals surface area contributed by atoms with Gasteiger partial charge >= 0.3 is 0 Å². The van der Waals surface area contributed by atoms with Crippen LogP contribution in [0.4, 0.5) is 5.69 Å². The highest BCUT2D eigenvalue weighted by molar-refractivity contribution is 6.33. The lowest BCUT2D eigenvalue weighted by Gasteiger charge is -2.37. The molecule has 2 N–H and O–H groups in total. The fourth-order valence-corrected chi connectivity index (χ4v) is 2.66. The molecule has 1 unspecified atom stereocenters. The summed E-state index contributed by atoms with van der Waals surface area (Å²) in [4.78, 5) is 16.7. The minimum absolute atomic E-state index is 0.0429. The molecule has 0 spiro atoms. The number of rotatable bonds is 5. The lowest BCUT2D eigenvalue weighted by molar-refractivity contribution is -0.121. The molecule has 6 heteroatoms. The first-order valence-corrected chi connectivity index (χ1v) is 7.62. The third-order valence-corrected chi connectivity index (χ3v) is 4.21. The van der Waals surface area contributed by atoms with E-state index in [1.807, 2.05) is 19.1 Å². The minimum Gasteiger partial charge on any atom is -0.395 e. The zero-order valence-corrected chi connectivity index (χ0v) is 13.0. The Hall–Kier alpha value is -1.14. The molecule has 0 saturated carbocycles. The van der Waals surface area contributed by atoms with Crippen molar-refractivity contribution < 1.29 is 9.90 Å². The van der Waals surface area contributed by atoms with Gasteiger partial charge < -0.3 is 10.4 Å². The summed E-state index contributed by atoms with van der Waals surface area (Å²) in [6, 6.07) is 7.04. The standard InChI is InChI=1S/C15H22ClN3O2/c1-12(19-8-6-18(7-9-19)10-11-20)15(21)17-14-5-3-2-4-13(14)16/h2-5,12,20H,6-11H2,1H3,(H,17,21). The molecule has 0 aliphatic carbocycles. The van der Waals surface area contributed by atoms with Crippen LogP contribution in [0.1, 0.15) is 6.92 Å². The van der Waals surface area contributed by atoms with E-state index in [9.17, 15) is 4.79 Å². The van der Waals surface area contributed by atoms with Gasteiger partial charge in [-0.1, -0.05) is 23.7 Å². The summed E-state index contributed by atoms with van der Waals surface area (Å²) in [7, 11) is 0. The van der Waals surface area contributed by atoms with Crippen LogP contribution in [0, 0.1) is 0 Å². The predicted molar refractivity (Wildman–Crippen MR) is 84.6 cm³/mol. The van der Waals surface area contributed by atoms with Crippen LogP contribution in [0.25, 0.3) is 0 Å². The van der Waals surface area contributed by atoms with Gasteiger partial charge in [0.2, 0.25) is 5.91 Å². The Kier molecular flexibility index (Phi) is 5.99. The molecule has 1 amide bonds. The Bertz CT molecular complexity index is 476. The van der Waals surface area contributed by atoms with Gasteiger partial charge in [0.25, 0.3) is 0 Å². The van der Waals surface area contributed by atoms with Crippen molar-refractivity contribution >= 4 is 23.2 Å². The van der Waals surface area contributed by atoms with Gasteiger partial charge in [0.05, 0.1) is 23.4 Å². The van der Waals surface area contributed by atoms with Crippen molar-refractivity contribution in [1.82, 2.24) is 9.80 Å². The quantitative estimate of drug-likeness (QED) is 0.860. The number of nitrogens with one attached hydrogen (secondary N) is 1. The van der Waals surface area contributed by atoms with Crippen molar-refractivity contribution in [1.29, 1.82) is 0 Å². The molecule has 0 aromatic heterocycles. The fourth-order valence-electron chi connectivity index (χ4n) is 2.48. The summed E-state index contributed by atoms with van der Waals surface area (Å²) in [5.74, 6) is -0.0429. The Morgan fingerprint density at radius 3 is 2.62 bits per heavy atom. The molecular formula is C15H22ClN3O2. The van der Waals surface area contributed by atoms with Crippen LogP contribution >= 0.6 is 11.6 Å². The number of halogens is 1. The number of nitrogens with zero attached hydrogens (tertiary/aromatic N) is 2. The maximum absolute atomic E-state index is 12.3. The van der Waals surface area contributed by atoms with Gasteiger partial charge in [0, 0.05) is 32.7 Å². The zero-order chi connectivity index (χ0) is 15.2. The highest BCUT2D eigenvalue weighted by atomic mass is 35.5. The van der Waals surface area contributed by atoms with Crippen molar-refractivity contribution in [3.8, 4) is 0 Å². The molecular weight excluding hydrogens is 290 g/mol. The number of para-hydroxylation sites is 1. The topological polar surface area (TPSA) is 55.8 Å². The summed E-state index contributed by atoms with van der Waals surface area (Å²) >= 11 is 6.05. The van der Waals surface area contributed by atoms with Gasteiger partial charge in [-0.05, 0) is 19.1 Å². The number of piperazine rings is 1. The van der Waals surface area contributed by atoms with Crippen LogP contribution in [-0.2, 0) is 4.79 Å².